The molecule has 0 aromatic carbocycles. The highest BCUT2D eigenvalue weighted by atomic mass is 31.2. The first-order valence-electron chi connectivity index (χ1n) is 7.57. The van der Waals surface area contributed by atoms with Crippen LogP contribution in [0, 0.1) is 0 Å². The number of imidazole rings is 1. The fourth-order valence-electron chi connectivity index (χ4n) is 2.67. The van der Waals surface area contributed by atoms with Crippen molar-refractivity contribution in [1.82, 2.24) is 19.5 Å². The summed E-state index contributed by atoms with van der Waals surface area (Å²) in [5.74, 6) is -1.98. The number of aromatic amines is 1. The zero-order chi connectivity index (χ0) is 20.9. The van der Waals surface area contributed by atoms with Gasteiger partial charge < -0.3 is 49.0 Å². The third kappa shape index (κ3) is 4.33. The number of nitrogens with two attached hydrogens (primary N) is 1. The molecule has 5 atom stereocenters. The quantitative estimate of drug-likeness (QED) is 0.312. The second-order valence-corrected chi connectivity index (χ2v) is 9.81. The highest BCUT2D eigenvalue weighted by Gasteiger charge is 2.44. The van der Waals surface area contributed by atoms with Gasteiger partial charge in [0.1, 0.15) is 25.9 Å². The average Bonchev–Trinajstić information content (AvgIpc) is 3.06. The Kier molecular flexibility index (Phi) is 5.49. The maximum atomic E-state index is 11.8. The predicted molar refractivity (Wildman–Crippen MR) is 84.5 cm³/mol. The topological polar surface area (TPSA) is 252 Å². The third-order valence-electron chi connectivity index (χ3n) is 3.84. The van der Waals surface area contributed by atoms with Gasteiger partial charge in [-0.2, -0.15) is 4.98 Å². The number of nitrogens with one attached hydrogen (secondary N) is 1. The van der Waals surface area contributed by atoms with Gasteiger partial charge in [-0.25, -0.2) is 4.98 Å². The van der Waals surface area contributed by atoms with Gasteiger partial charge in [-0.05, 0) is 0 Å². The largest absolute Gasteiger partial charge is 0.810 e. The van der Waals surface area contributed by atoms with Crippen molar-refractivity contribution < 1.29 is 43.3 Å². The van der Waals surface area contributed by atoms with E-state index in [4.69, 9.17) is 10.5 Å². The van der Waals surface area contributed by atoms with Gasteiger partial charge in [0, 0.05) is 5.90 Å². The van der Waals surface area contributed by atoms with Crippen LogP contribution in [0.2, 0.25) is 0 Å². The molecule has 0 amide bonds. The Labute approximate surface area is 155 Å². The third-order valence-corrected chi connectivity index (χ3v) is 7.16. The molecule has 3 heterocycles. The van der Waals surface area contributed by atoms with E-state index in [0.29, 0.717) is 0 Å². The molecule has 0 saturated carbocycles. The van der Waals surface area contributed by atoms with Crippen molar-refractivity contribution in [3.63, 3.8) is 0 Å². The molecule has 28 heavy (non-hydrogen) atoms. The smallest absolute Gasteiger partial charge is 0.280 e. The lowest BCUT2D eigenvalue weighted by Gasteiger charge is -2.36. The molecular formula is C11H14N5O10P2-3. The van der Waals surface area contributed by atoms with E-state index in [2.05, 4.69) is 19.5 Å². The minimum atomic E-state index is -5.38. The van der Waals surface area contributed by atoms with Gasteiger partial charge in [0.2, 0.25) is 5.95 Å². The van der Waals surface area contributed by atoms with Crippen molar-refractivity contribution in [2.75, 3.05) is 18.2 Å². The maximum absolute atomic E-state index is 11.8. The van der Waals surface area contributed by atoms with Crippen molar-refractivity contribution in [3.8, 4) is 0 Å². The Hall–Kier alpha value is -1.67. The highest BCUT2D eigenvalue weighted by molar-refractivity contribution is 7.67. The van der Waals surface area contributed by atoms with Crippen molar-refractivity contribution in [3.05, 3.63) is 16.7 Å². The fraction of sp³-hybridized carbons (Fsp3) is 0.545. The number of H-pyrrole nitrogens is 1. The van der Waals surface area contributed by atoms with Crippen LogP contribution in [-0.4, -0.2) is 60.6 Å². The van der Waals surface area contributed by atoms with Gasteiger partial charge in [0.25, 0.3) is 5.56 Å². The van der Waals surface area contributed by atoms with Crippen LogP contribution in [0.1, 0.15) is 6.23 Å². The summed E-state index contributed by atoms with van der Waals surface area (Å²) in [5.41, 5.74) is 4.63. The number of nitrogens with zero attached hydrogens (tertiary/aromatic N) is 3. The number of ether oxygens (including phenoxy) is 1. The number of aromatic nitrogens is 4. The summed E-state index contributed by atoms with van der Waals surface area (Å²) in [6.07, 6.45) is -4.90. The Morgan fingerprint density at radius 1 is 1.32 bits per heavy atom. The van der Waals surface area contributed by atoms with E-state index in [9.17, 15) is 38.8 Å². The summed E-state index contributed by atoms with van der Waals surface area (Å²) in [6.45, 7) is -0.863. The van der Waals surface area contributed by atoms with Crippen molar-refractivity contribution in [2.24, 2.45) is 0 Å². The van der Waals surface area contributed by atoms with Gasteiger partial charge in [-0.15, -0.1) is 0 Å². The molecule has 1 fully saturated rings. The summed E-state index contributed by atoms with van der Waals surface area (Å²) in [4.78, 5) is 54.4. The van der Waals surface area contributed by atoms with Crippen molar-refractivity contribution >= 4 is 32.3 Å². The van der Waals surface area contributed by atoms with Gasteiger partial charge in [0.05, 0.1) is 12.9 Å². The molecule has 1 aliphatic heterocycles. The Morgan fingerprint density at radius 2 is 2.00 bits per heavy atom. The first kappa shape index (κ1) is 21.0. The number of aliphatic hydroxyl groups is 2. The van der Waals surface area contributed by atoms with E-state index in [-0.39, 0.29) is 17.1 Å². The van der Waals surface area contributed by atoms with Gasteiger partial charge in [-0.3, -0.25) is 14.3 Å². The van der Waals surface area contributed by atoms with Crippen LogP contribution in [-0.2, 0) is 18.4 Å². The normalized spacial score (nSPS) is 27.9. The van der Waals surface area contributed by atoms with Gasteiger partial charge >= 0.3 is 0 Å². The number of nitrogen functional groups attached to an aromatic ring is 1. The molecule has 15 nitrogen and oxygen atoms in total. The van der Waals surface area contributed by atoms with Crippen LogP contribution in [0.5, 0.6) is 0 Å². The van der Waals surface area contributed by atoms with E-state index in [1.807, 2.05) is 0 Å². The van der Waals surface area contributed by atoms with Crippen LogP contribution in [0.3, 0.4) is 0 Å². The highest BCUT2D eigenvalue weighted by Crippen LogP contribution is 2.48. The molecule has 5 N–H and O–H groups in total. The zero-order valence-electron chi connectivity index (χ0n) is 13.8. The lowest BCUT2D eigenvalue weighted by Crippen LogP contribution is -2.34. The van der Waals surface area contributed by atoms with E-state index in [0.717, 1.165) is 10.9 Å². The van der Waals surface area contributed by atoms with Crippen LogP contribution in [0.4, 0.5) is 5.95 Å². The second-order valence-electron chi connectivity index (χ2n) is 5.98. The van der Waals surface area contributed by atoms with Gasteiger partial charge in [-0.1, -0.05) is 7.60 Å². The van der Waals surface area contributed by atoms with Gasteiger partial charge in [0.15, 0.2) is 17.4 Å². The molecule has 0 bridgehead atoms. The van der Waals surface area contributed by atoms with Crippen molar-refractivity contribution in [1.29, 1.82) is 0 Å². The van der Waals surface area contributed by atoms with Crippen LogP contribution >= 0.6 is 15.2 Å². The summed E-state index contributed by atoms with van der Waals surface area (Å²) < 4.78 is 33.0. The average molecular weight is 438 g/mol. The number of fused-ring (bicyclic) bond motifs is 1. The second kappa shape index (κ2) is 7.30. The summed E-state index contributed by atoms with van der Waals surface area (Å²) in [7, 11) is -10.4. The molecule has 0 radical (unpaired) electrons. The van der Waals surface area contributed by atoms with Crippen LogP contribution in [0.15, 0.2) is 11.1 Å². The molecule has 2 aromatic heterocycles. The zero-order valence-corrected chi connectivity index (χ0v) is 15.6. The molecular weight excluding hydrogens is 424 g/mol. The molecule has 0 aliphatic carbocycles. The summed E-state index contributed by atoms with van der Waals surface area (Å²) in [5, 5.41) is 20.3. The molecule has 3 rings (SSSR count). The summed E-state index contributed by atoms with van der Waals surface area (Å²) >= 11 is 0. The van der Waals surface area contributed by atoms with Crippen LogP contribution < -0.4 is 26.0 Å². The Balaban J connectivity index is 1.79. The number of anilines is 1. The molecule has 1 saturated heterocycles. The first-order chi connectivity index (χ1) is 12.9. The lowest BCUT2D eigenvalue weighted by molar-refractivity contribution is -0.313. The first-order valence-corrected chi connectivity index (χ1v) is 11.0. The molecule has 1 aliphatic rings. The minimum Gasteiger partial charge on any atom is -0.810 e. The Morgan fingerprint density at radius 3 is 2.64 bits per heavy atom. The summed E-state index contributed by atoms with van der Waals surface area (Å²) in [6, 6.07) is 0. The van der Waals surface area contributed by atoms with Crippen LogP contribution in [0.25, 0.3) is 11.2 Å². The standard InChI is InChI=1S/C11H17N5O10P2/c12-11-14-8-5(9(19)15-11)13-2-16(8)10-7(18)6(17)4(26-10)1-25-28(23,24)3-27(20,21)22/h2,4,6-7,10,17-18H,1,3H2,(H,23,24)(H2,20,21,22)(H3,12,14,15,19)/p-3. The molecule has 2 aromatic rings. The van der Waals surface area contributed by atoms with E-state index in [1.54, 1.807) is 0 Å². The number of aliphatic hydroxyl groups excluding tert-OH is 2. The van der Waals surface area contributed by atoms with E-state index < -0.39 is 57.8 Å². The fourth-order valence-corrected chi connectivity index (χ4v) is 5.06. The minimum absolute atomic E-state index is 0.0628. The molecule has 156 valence electrons. The SMILES string of the molecule is Nc1nc2c(ncn2C2OC(COP(=O)([O-])CP(=O)([O-])[O-])C(O)C2O)c(=O)[nH]1. The molecule has 5 unspecified atom stereocenters. The number of rotatable bonds is 6. The monoisotopic (exact) mass is 438 g/mol. The number of hydrogen-bond donors (Lipinski definition) is 4. The van der Waals surface area contributed by atoms with Crippen molar-refractivity contribution in [2.45, 2.75) is 24.5 Å². The Bertz CT molecular complexity index is 1030. The van der Waals surface area contributed by atoms with E-state index in [1.165, 1.54) is 0 Å². The predicted octanol–water partition coefficient (Wildman–Crippen LogP) is -4.24. The lowest BCUT2D eigenvalue weighted by atomic mass is 10.1. The number of hydrogen-bond acceptors (Lipinski definition) is 13. The molecule has 0 spiro atoms. The molecule has 17 heteroatoms. The maximum Gasteiger partial charge on any atom is 0.280 e. The van der Waals surface area contributed by atoms with E-state index >= 15 is 0 Å².